The molecule has 1 aromatic rings. The van der Waals surface area contributed by atoms with Gasteiger partial charge in [-0.3, -0.25) is 10.1 Å². The number of hydrogen-bond donors (Lipinski definition) is 1. The van der Waals surface area contributed by atoms with Crippen LogP contribution in [0.3, 0.4) is 0 Å². The van der Waals surface area contributed by atoms with E-state index in [0.717, 1.165) is 31.5 Å². The third-order valence-corrected chi connectivity index (χ3v) is 3.29. The predicted octanol–water partition coefficient (Wildman–Crippen LogP) is 2.25. The summed E-state index contributed by atoms with van der Waals surface area (Å²) in [5.74, 6) is 0. The van der Waals surface area contributed by atoms with Crippen LogP contribution < -0.4 is 5.32 Å². The zero-order chi connectivity index (χ0) is 13.0. The number of piperidine rings is 1. The minimum Gasteiger partial charge on any atom is -0.369 e. The summed E-state index contributed by atoms with van der Waals surface area (Å²) < 4.78 is 5.92. The molecule has 1 saturated heterocycles. The molecule has 5 heteroatoms. The highest BCUT2D eigenvalue weighted by atomic mass is 16.6. The highest BCUT2D eigenvalue weighted by Gasteiger charge is 2.27. The summed E-state index contributed by atoms with van der Waals surface area (Å²) in [4.78, 5) is 10.1. The first-order valence-electron chi connectivity index (χ1n) is 6.17. The minimum atomic E-state index is -0.392. The smallest absolute Gasteiger partial charge is 0.269 e. The first-order chi connectivity index (χ1) is 8.59. The van der Waals surface area contributed by atoms with Gasteiger partial charge in [0.1, 0.15) is 0 Å². The molecule has 5 nitrogen and oxygen atoms in total. The molecule has 1 unspecified atom stereocenters. The van der Waals surface area contributed by atoms with Crippen LogP contribution in [0, 0.1) is 10.1 Å². The molecule has 1 aliphatic rings. The van der Waals surface area contributed by atoms with Crippen molar-refractivity contribution in [3.8, 4) is 0 Å². The Hall–Kier alpha value is -1.46. The summed E-state index contributed by atoms with van der Waals surface area (Å²) in [6.07, 6.45) is 2.17. The average Bonchev–Trinajstić information content (AvgIpc) is 2.38. The van der Waals surface area contributed by atoms with Gasteiger partial charge in [-0.15, -0.1) is 0 Å². The highest BCUT2D eigenvalue weighted by molar-refractivity contribution is 5.32. The first-order valence-corrected chi connectivity index (χ1v) is 6.17. The standard InChI is InChI=1S/C13H18N2O3/c1-13(7-2-8-14-10-13)18-9-11-3-5-12(6-4-11)15(16)17/h3-6,14H,2,7-10H2,1H3. The normalized spacial score (nSPS) is 23.8. The number of nitro benzene ring substituents is 1. The molecule has 0 radical (unpaired) electrons. The van der Waals surface area contributed by atoms with Crippen LogP contribution in [0.2, 0.25) is 0 Å². The Morgan fingerprint density at radius 2 is 2.17 bits per heavy atom. The van der Waals surface area contributed by atoms with Crippen molar-refractivity contribution in [1.82, 2.24) is 5.32 Å². The summed E-state index contributed by atoms with van der Waals surface area (Å²) in [6.45, 7) is 4.51. The summed E-state index contributed by atoms with van der Waals surface area (Å²) in [6, 6.07) is 6.52. The Bertz CT molecular complexity index is 411. The van der Waals surface area contributed by atoms with Crippen LogP contribution in [0.25, 0.3) is 0 Å². The van der Waals surface area contributed by atoms with Gasteiger partial charge in [0.2, 0.25) is 0 Å². The van der Waals surface area contributed by atoms with Gasteiger partial charge in [0, 0.05) is 18.7 Å². The number of hydrogen-bond acceptors (Lipinski definition) is 4. The molecule has 0 aliphatic carbocycles. The molecule has 1 fully saturated rings. The van der Waals surface area contributed by atoms with Crippen LogP contribution in [0.15, 0.2) is 24.3 Å². The largest absolute Gasteiger partial charge is 0.369 e. The number of nitro groups is 1. The third kappa shape index (κ3) is 3.27. The Balaban J connectivity index is 1.91. The molecule has 1 N–H and O–H groups in total. The van der Waals surface area contributed by atoms with Crippen molar-refractivity contribution in [2.45, 2.75) is 32.0 Å². The van der Waals surface area contributed by atoms with Crippen molar-refractivity contribution < 1.29 is 9.66 Å². The zero-order valence-corrected chi connectivity index (χ0v) is 10.5. The van der Waals surface area contributed by atoms with Crippen molar-refractivity contribution in [2.24, 2.45) is 0 Å². The van der Waals surface area contributed by atoms with Gasteiger partial charge >= 0.3 is 0 Å². The van der Waals surface area contributed by atoms with E-state index in [9.17, 15) is 10.1 Å². The van der Waals surface area contributed by atoms with Crippen LogP contribution in [0.1, 0.15) is 25.3 Å². The first kappa shape index (κ1) is 13.0. The minimum absolute atomic E-state index is 0.115. The Morgan fingerprint density at radius 1 is 1.44 bits per heavy atom. The van der Waals surface area contributed by atoms with Crippen molar-refractivity contribution >= 4 is 5.69 Å². The monoisotopic (exact) mass is 250 g/mol. The van der Waals surface area contributed by atoms with Gasteiger partial charge < -0.3 is 10.1 Å². The van der Waals surface area contributed by atoms with Gasteiger partial charge in [0.25, 0.3) is 5.69 Å². The lowest BCUT2D eigenvalue weighted by Crippen LogP contribution is -2.45. The van der Waals surface area contributed by atoms with E-state index in [2.05, 4.69) is 12.2 Å². The number of ether oxygens (including phenoxy) is 1. The van der Waals surface area contributed by atoms with E-state index < -0.39 is 4.92 Å². The molecule has 0 amide bonds. The summed E-state index contributed by atoms with van der Waals surface area (Å²) in [5.41, 5.74) is 0.955. The molecule has 0 bridgehead atoms. The number of nitrogens with one attached hydrogen (secondary N) is 1. The number of benzene rings is 1. The lowest BCUT2D eigenvalue weighted by Gasteiger charge is -2.34. The Kier molecular flexibility index (Phi) is 3.93. The van der Waals surface area contributed by atoms with E-state index in [1.165, 1.54) is 12.1 Å². The predicted molar refractivity (Wildman–Crippen MR) is 68.4 cm³/mol. The number of nitrogens with zero attached hydrogens (tertiary/aromatic N) is 1. The lowest BCUT2D eigenvalue weighted by molar-refractivity contribution is -0.384. The van der Waals surface area contributed by atoms with Crippen molar-refractivity contribution in [2.75, 3.05) is 13.1 Å². The molecule has 1 aromatic carbocycles. The zero-order valence-electron chi connectivity index (χ0n) is 10.5. The summed E-state index contributed by atoms with van der Waals surface area (Å²) in [7, 11) is 0. The molecular weight excluding hydrogens is 232 g/mol. The summed E-state index contributed by atoms with van der Waals surface area (Å²) >= 11 is 0. The Labute approximate surface area is 106 Å². The fourth-order valence-corrected chi connectivity index (χ4v) is 2.12. The van der Waals surface area contributed by atoms with Crippen LogP contribution in [0.4, 0.5) is 5.69 Å². The second kappa shape index (κ2) is 5.46. The molecule has 2 rings (SSSR count). The second-order valence-electron chi connectivity index (χ2n) is 4.94. The van der Waals surface area contributed by atoms with E-state index in [0.29, 0.717) is 6.61 Å². The fraction of sp³-hybridized carbons (Fsp3) is 0.538. The van der Waals surface area contributed by atoms with E-state index in [1.807, 2.05) is 0 Å². The molecule has 0 aromatic heterocycles. The van der Waals surface area contributed by atoms with Crippen LogP contribution in [-0.2, 0) is 11.3 Å². The molecule has 1 atom stereocenters. The van der Waals surface area contributed by atoms with Gasteiger partial charge in [0.15, 0.2) is 0 Å². The van der Waals surface area contributed by atoms with Crippen LogP contribution in [-0.4, -0.2) is 23.6 Å². The van der Waals surface area contributed by atoms with Crippen molar-refractivity contribution in [3.05, 3.63) is 39.9 Å². The van der Waals surface area contributed by atoms with Crippen molar-refractivity contribution in [3.63, 3.8) is 0 Å². The van der Waals surface area contributed by atoms with Crippen molar-refractivity contribution in [1.29, 1.82) is 0 Å². The van der Waals surface area contributed by atoms with Gasteiger partial charge in [-0.25, -0.2) is 0 Å². The molecule has 18 heavy (non-hydrogen) atoms. The van der Waals surface area contributed by atoms with Gasteiger partial charge in [-0.1, -0.05) is 0 Å². The maximum atomic E-state index is 10.5. The summed E-state index contributed by atoms with van der Waals surface area (Å²) in [5, 5.41) is 13.9. The molecule has 98 valence electrons. The topological polar surface area (TPSA) is 64.4 Å². The molecular formula is C13H18N2O3. The molecule has 1 aliphatic heterocycles. The molecule has 1 heterocycles. The SMILES string of the molecule is CC1(OCc2ccc([N+](=O)[O-])cc2)CCCNC1. The maximum Gasteiger partial charge on any atom is 0.269 e. The molecule has 0 spiro atoms. The van der Waals surface area contributed by atoms with Crippen LogP contribution in [0.5, 0.6) is 0 Å². The van der Waals surface area contributed by atoms with Crippen LogP contribution >= 0.6 is 0 Å². The number of rotatable bonds is 4. The number of non-ortho nitro benzene ring substituents is 1. The quantitative estimate of drug-likeness (QED) is 0.657. The van der Waals surface area contributed by atoms with E-state index in [1.54, 1.807) is 12.1 Å². The molecule has 0 saturated carbocycles. The van der Waals surface area contributed by atoms with E-state index in [-0.39, 0.29) is 11.3 Å². The lowest BCUT2D eigenvalue weighted by atomic mass is 9.96. The third-order valence-electron chi connectivity index (χ3n) is 3.29. The van der Waals surface area contributed by atoms with Gasteiger partial charge in [0.05, 0.1) is 17.1 Å². The van der Waals surface area contributed by atoms with E-state index in [4.69, 9.17) is 4.74 Å². The fourth-order valence-electron chi connectivity index (χ4n) is 2.12. The van der Waals surface area contributed by atoms with Gasteiger partial charge in [-0.2, -0.15) is 0 Å². The Morgan fingerprint density at radius 3 is 2.72 bits per heavy atom. The van der Waals surface area contributed by atoms with E-state index >= 15 is 0 Å². The highest BCUT2D eigenvalue weighted by Crippen LogP contribution is 2.22. The maximum absolute atomic E-state index is 10.5. The second-order valence-corrected chi connectivity index (χ2v) is 4.94. The van der Waals surface area contributed by atoms with Gasteiger partial charge in [-0.05, 0) is 44.0 Å². The average molecular weight is 250 g/mol.